The molecule has 0 amide bonds. The van der Waals surface area contributed by atoms with E-state index in [1.807, 2.05) is 36.4 Å². The Morgan fingerprint density at radius 1 is 1.03 bits per heavy atom. The van der Waals surface area contributed by atoms with E-state index in [2.05, 4.69) is 20.7 Å². The van der Waals surface area contributed by atoms with Gasteiger partial charge in [0.2, 0.25) is 5.41 Å². The molecule has 1 N–H and O–H groups in total. The van der Waals surface area contributed by atoms with Gasteiger partial charge < -0.3 is 14.6 Å². The van der Waals surface area contributed by atoms with Crippen LogP contribution in [0.5, 0.6) is 11.5 Å². The van der Waals surface area contributed by atoms with Crippen molar-refractivity contribution in [1.82, 2.24) is 0 Å². The third-order valence-corrected chi connectivity index (χ3v) is 6.21. The Morgan fingerprint density at radius 3 is 2.15 bits per heavy atom. The first-order valence-electron chi connectivity index (χ1n) is 10.4. The van der Waals surface area contributed by atoms with Crippen LogP contribution in [0.1, 0.15) is 24.5 Å². The second kappa shape index (κ2) is 10.7. The van der Waals surface area contributed by atoms with Gasteiger partial charge in [0.1, 0.15) is 17.1 Å². The van der Waals surface area contributed by atoms with Crippen LogP contribution in [0.25, 0.3) is 0 Å². The van der Waals surface area contributed by atoms with Crippen molar-refractivity contribution in [2.45, 2.75) is 37.4 Å². The minimum absolute atomic E-state index is 0.0942. The zero-order valence-corrected chi connectivity index (χ0v) is 19.8. The first-order chi connectivity index (χ1) is 16.2. The van der Waals surface area contributed by atoms with Crippen molar-refractivity contribution in [2.24, 2.45) is 0 Å². The summed E-state index contributed by atoms with van der Waals surface area (Å²) < 4.78 is 36.6. The largest absolute Gasteiger partial charge is 0.485 e. The number of carboxylic acids is 1. The number of hydrogen-bond acceptors (Lipinski definition) is 4. The van der Waals surface area contributed by atoms with Crippen molar-refractivity contribution in [2.75, 3.05) is 0 Å². The first-order valence-corrected chi connectivity index (χ1v) is 11.2. The number of aliphatic carboxylic acids is 1. The van der Waals surface area contributed by atoms with Crippen LogP contribution in [-0.2, 0) is 16.6 Å². The molecule has 0 fully saturated rings. The number of hydrogen-bond donors (Lipinski definition) is 1. The van der Waals surface area contributed by atoms with E-state index in [9.17, 15) is 23.9 Å². The number of carboxylic acid groups (broad SMARTS) is 1. The molecule has 0 aromatic heterocycles. The second-order valence-electron chi connectivity index (χ2n) is 7.84. The maximum absolute atomic E-state index is 12.8. The first kappa shape index (κ1) is 25.2. The molecule has 0 saturated carbocycles. The van der Waals surface area contributed by atoms with Gasteiger partial charge in [-0.05, 0) is 67.3 Å². The smallest absolute Gasteiger partial charge is 0.387 e. The molecule has 2 unspecified atom stereocenters. The Morgan fingerprint density at radius 2 is 1.62 bits per heavy atom. The van der Waals surface area contributed by atoms with Gasteiger partial charge in [-0.2, -0.15) is 14.0 Å². The van der Waals surface area contributed by atoms with Crippen LogP contribution in [0.2, 0.25) is 0 Å². The third-order valence-electron chi connectivity index (χ3n) is 5.68. The highest BCUT2D eigenvalue weighted by Gasteiger charge is 2.58. The van der Waals surface area contributed by atoms with Gasteiger partial charge >= 0.3 is 12.6 Å². The lowest BCUT2D eigenvalue weighted by Crippen LogP contribution is -2.58. The van der Waals surface area contributed by atoms with Crippen molar-refractivity contribution in [3.63, 3.8) is 0 Å². The minimum Gasteiger partial charge on any atom is -0.485 e. The molecule has 5 nitrogen and oxygen atoms in total. The molecule has 0 saturated heterocycles. The van der Waals surface area contributed by atoms with Gasteiger partial charge in [-0.3, -0.25) is 0 Å². The van der Waals surface area contributed by atoms with Crippen LogP contribution < -0.4 is 9.47 Å². The standard InChI is InChI=1S/C26H22BrF2NO4/c1-25(16-15-18-5-3-2-4-6-18,34-22-13-9-20(27)10-14-22)26(17-30,23(31)32)19-7-11-21(12-8-19)33-24(28)29/h2-14,24H,15-16H2,1H3,(H,31,32). The van der Waals surface area contributed by atoms with E-state index >= 15 is 0 Å². The molecular weight excluding hydrogens is 508 g/mol. The lowest BCUT2D eigenvalue weighted by molar-refractivity contribution is -0.149. The zero-order valence-electron chi connectivity index (χ0n) is 18.3. The number of alkyl halides is 2. The van der Waals surface area contributed by atoms with Crippen molar-refractivity contribution in [3.8, 4) is 17.6 Å². The molecule has 0 aliphatic carbocycles. The summed E-state index contributed by atoms with van der Waals surface area (Å²) in [6, 6.07) is 23.3. The van der Waals surface area contributed by atoms with Crippen LogP contribution in [0, 0.1) is 11.3 Å². The fourth-order valence-electron chi connectivity index (χ4n) is 3.88. The molecule has 3 aromatic carbocycles. The highest BCUT2D eigenvalue weighted by atomic mass is 79.9. The molecule has 0 radical (unpaired) electrons. The number of benzene rings is 3. The summed E-state index contributed by atoms with van der Waals surface area (Å²) >= 11 is 3.36. The van der Waals surface area contributed by atoms with E-state index in [1.165, 1.54) is 24.3 Å². The fourth-order valence-corrected chi connectivity index (χ4v) is 4.14. The SMILES string of the molecule is CC(CCc1ccccc1)(Oc1ccc(Br)cc1)C(C#N)(C(=O)O)c1ccc(OC(F)F)cc1. The summed E-state index contributed by atoms with van der Waals surface area (Å²) in [5.41, 5.74) is -2.65. The van der Waals surface area contributed by atoms with Gasteiger partial charge in [0.05, 0.1) is 6.07 Å². The number of rotatable bonds is 10. The third kappa shape index (κ3) is 5.37. The molecule has 176 valence electrons. The molecule has 2 atom stereocenters. The number of halogens is 3. The Kier molecular flexibility index (Phi) is 7.90. The van der Waals surface area contributed by atoms with E-state index in [0.717, 1.165) is 10.0 Å². The van der Waals surface area contributed by atoms with Gasteiger partial charge in [-0.1, -0.05) is 58.4 Å². The van der Waals surface area contributed by atoms with E-state index < -0.39 is 23.6 Å². The van der Waals surface area contributed by atoms with Crippen LogP contribution >= 0.6 is 15.9 Å². The van der Waals surface area contributed by atoms with Gasteiger partial charge in [-0.15, -0.1) is 0 Å². The maximum Gasteiger partial charge on any atom is 0.387 e. The molecule has 3 rings (SSSR count). The van der Waals surface area contributed by atoms with E-state index in [1.54, 1.807) is 31.2 Å². The minimum atomic E-state index is -3.03. The maximum atomic E-state index is 12.8. The zero-order chi connectivity index (χ0) is 24.8. The highest BCUT2D eigenvalue weighted by Crippen LogP contribution is 2.43. The summed E-state index contributed by atoms with van der Waals surface area (Å²) in [6.45, 7) is -1.44. The Hall–Kier alpha value is -3.44. The number of carbonyl (C=O) groups is 1. The molecule has 0 bridgehead atoms. The fraction of sp³-hybridized carbons (Fsp3) is 0.231. The summed E-state index contributed by atoms with van der Waals surface area (Å²) in [4.78, 5) is 12.8. The monoisotopic (exact) mass is 529 g/mol. The number of aryl methyl sites for hydroxylation is 1. The molecule has 3 aromatic rings. The van der Waals surface area contributed by atoms with Crippen molar-refractivity contribution in [1.29, 1.82) is 5.26 Å². The average Bonchev–Trinajstić information content (AvgIpc) is 2.81. The Balaban J connectivity index is 2.09. The van der Waals surface area contributed by atoms with Crippen molar-refractivity contribution < 1.29 is 28.2 Å². The molecular formula is C26H22BrF2NO4. The number of nitriles is 1. The molecule has 0 heterocycles. The quantitative estimate of drug-likeness (QED) is 0.330. The van der Waals surface area contributed by atoms with Crippen molar-refractivity contribution in [3.05, 3.63) is 94.5 Å². The van der Waals surface area contributed by atoms with Crippen LogP contribution in [0.4, 0.5) is 8.78 Å². The lowest BCUT2D eigenvalue weighted by atomic mass is 9.66. The Labute approximate surface area is 204 Å². The van der Waals surface area contributed by atoms with E-state index in [-0.39, 0.29) is 17.7 Å². The van der Waals surface area contributed by atoms with Gasteiger partial charge in [-0.25, -0.2) is 4.79 Å². The average molecular weight is 530 g/mol. The van der Waals surface area contributed by atoms with Gasteiger partial charge in [0.15, 0.2) is 0 Å². The van der Waals surface area contributed by atoms with Gasteiger partial charge in [0.25, 0.3) is 0 Å². The second-order valence-corrected chi connectivity index (χ2v) is 8.76. The summed E-state index contributed by atoms with van der Waals surface area (Å²) in [6.07, 6.45) is 0.624. The molecule has 0 aliphatic rings. The summed E-state index contributed by atoms with van der Waals surface area (Å²) in [5, 5.41) is 20.7. The van der Waals surface area contributed by atoms with E-state index in [4.69, 9.17) is 4.74 Å². The topological polar surface area (TPSA) is 79.5 Å². The Bertz CT molecular complexity index is 1150. The molecule has 34 heavy (non-hydrogen) atoms. The lowest BCUT2D eigenvalue weighted by Gasteiger charge is -2.41. The number of nitrogens with zero attached hydrogens (tertiary/aromatic N) is 1. The summed E-state index contributed by atoms with van der Waals surface area (Å²) in [5.74, 6) is -1.17. The van der Waals surface area contributed by atoms with Crippen LogP contribution in [-0.4, -0.2) is 23.3 Å². The molecule has 8 heteroatoms. The molecule has 0 aliphatic heterocycles. The number of ether oxygens (including phenoxy) is 2. The predicted molar refractivity (Wildman–Crippen MR) is 126 cm³/mol. The van der Waals surface area contributed by atoms with Crippen molar-refractivity contribution >= 4 is 21.9 Å². The van der Waals surface area contributed by atoms with Gasteiger partial charge in [0, 0.05) is 4.47 Å². The summed E-state index contributed by atoms with van der Waals surface area (Å²) in [7, 11) is 0. The molecule has 0 spiro atoms. The van der Waals surface area contributed by atoms with E-state index in [0.29, 0.717) is 12.2 Å². The van der Waals surface area contributed by atoms with Crippen LogP contribution in [0.3, 0.4) is 0 Å². The normalized spacial score (nSPS) is 14.5. The highest BCUT2D eigenvalue weighted by molar-refractivity contribution is 9.10. The van der Waals surface area contributed by atoms with Crippen LogP contribution in [0.15, 0.2) is 83.3 Å². The predicted octanol–water partition coefficient (Wildman–Crippen LogP) is 6.37.